The lowest BCUT2D eigenvalue weighted by Gasteiger charge is -2.19. The standard InChI is InChI=1S/C14H21N5OS/c15-12(6-10-7-16-9-17-10)14-18-13(19-20-14)8-21-11-4-2-1-3-5-11/h7,9,11-12H,1-6,8,15H2,(H,16,17)/t12-/m1/s1. The van der Waals surface area contributed by atoms with E-state index in [1.165, 1.54) is 32.1 Å². The molecule has 7 heteroatoms. The maximum absolute atomic E-state index is 6.09. The van der Waals surface area contributed by atoms with Gasteiger partial charge in [0.05, 0.1) is 18.1 Å². The Morgan fingerprint density at radius 2 is 2.24 bits per heavy atom. The molecule has 6 nitrogen and oxygen atoms in total. The van der Waals surface area contributed by atoms with Gasteiger partial charge in [-0.2, -0.15) is 16.7 Å². The molecule has 0 radical (unpaired) electrons. The maximum atomic E-state index is 6.09. The highest BCUT2D eigenvalue weighted by molar-refractivity contribution is 7.99. The van der Waals surface area contributed by atoms with Crippen LogP contribution in [0.25, 0.3) is 0 Å². The van der Waals surface area contributed by atoms with Crippen LogP contribution in [-0.2, 0) is 12.2 Å². The van der Waals surface area contributed by atoms with Crippen molar-refractivity contribution < 1.29 is 4.52 Å². The van der Waals surface area contributed by atoms with Crippen LogP contribution in [-0.4, -0.2) is 25.4 Å². The zero-order valence-electron chi connectivity index (χ0n) is 12.0. The summed E-state index contributed by atoms with van der Waals surface area (Å²) in [6.07, 6.45) is 10.7. The Bertz CT molecular complexity index is 535. The van der Waals surface area contributed by atoms with Gasteiger partial charge < -0.3 is 15.2 Å². The SMILES string of the molecule is N[C@H](Cc1cnc[nH]1)c1nc(CSC2CCCCC2)no1. The van der Waals surface area contributed by atoms with Crippen LogP contribution in [0.5, 0.6) is 0 Å². The molecule has 0 unspecified atom stereocenters. The van der Waals surface area contributed by atoms with E-state index in [2.05, 4.69) is 20.1 Å². The molecule has 2 aromatic rings. The first kappa shape index (κ1) is 14.6. The molecule has 0 amide bonds. The molecule has 0 bridgehead atoms. The van der Waals surface area contributed by atoms with E-state index in [0.717, 1.165) is 22.5 Å². The number of H-pyrrole nitrogens is 1. The number of hydrogen-bond acceptors (Lipinski definition) is 6. The Kier molecular flexibility index (Phi) is 4.92. The smallest absolute Gasteiger partial charge is 0.243 e. The molecule has 2 heterocycles. The molecule has 21 heavy (non-hydrogen) atoms. The minimum atomic E-state index is -0.286. The number of imidazole rings is 1. The van der Waals surface area contributed by atoms with Crippen molar-refractivity contribution in [2.75, 3.05) is 0 Å². The predicted molar refractivity (Wildman–Crippen MR) is 81.7 cm³/mol. The second-order valence-electron chi connectivity index (χ2n) is 5.51. The molecule has 0 aromatic carbocycles. The number of nitrogens with two attached hydrogens (primary N) is 1. The summed E-state index contributed by atoms with van der Waals surface area (Å²) in [5.41, 5.74) is 7.06. The fourth-order valence-corrected chi connectivity index (χ4v) is 3.79. The highest BCUT2D eigenvalue weighted by atomic mass is 32.2. The van der Waals surface area contributed by atoms with E-state index in [0.29, 0.717) is 12.3 Å². The van der Waals surface area contributed by atoms with Crippen LogP contribution in [0, 0.1) is 0 Å². The Morgan fingerprint density at radius 3 is 3.00 bits per heavy atom. The van der Waals surface area contributed by atoms with Crippen molar-refractivity contribution >= 4 is 11.8 Å². The zero-order valence-corrected chi connectivity index (χ0v) is 12.8. The van der Waals surface area contributed by atoms with Crippen molar-refractivity contribution in [3.05, 3.63) is 29.9 Å². The van der Waals surface area contributed by atoms with Gasteiger partial charge in [-0.15, -0.1) is 0 Å². The van der Waals surface area contributed by atoms with Crippen LogP contribution in [0.1, 0.15) is 55.6 Å². The van der Waals surface area contributed by atoms with E-state index in [-0.39, 0.29) is 6.04 Å². The first-order chi connectivity index (χ1) is 10.3. The van der Waals surface area contributed by atoms with E-state index in [4.69, 9.17) is 10.3 Å². The lowest BCUT2D eigenvalue weighted by molar-refractivity contribution is 0.350. The summed E-state index contributed by atoms with van der Waals surface area (Å²) >= 11 is 1.94. The van der Waals surface area contributed by atoms with Gasteiger partial charge in [0.15, 0.2) is 5.82 Å². The molecule has 1 fully saturated rings. The monoisotopic (exact) mass is 307 g/mol. The third kappa shape index (κ3) is 4.07. The molecule has 0 saturated heterocycles. The van der Waals surface area contributed by atoms with Crippen molar-refractivity contribution in [1.82, 2.24) is 20.1 Å². The molecule has 1 atom stereocenters. The summed E-state index contributed by atoms with van der Waals surface area (Å²) in [7, 11) is 0. The molecular weight excluding hydrogens is 286 g/mol. The van der Waals surface area contributed by atoms with Crippen molar-refractivity contribution in [2.45, 2.75) is 55.6 Å². The molecule has 3 rings (SSSR count). The van der Waals surface area contributed by atoms with Crippen LogP contribution in [0.15, 0.2) is 17.0 Å². The topological polar surface area (TPSA) is 93.6 Å². The largest absolute Gasteiger partial charge is 0.348 e. The van der Waals surface area contributed by atoms with Gasteiger partial charge in [-0.25, -0.2) is 4.98 Å². The fraction of sp³-hybridized carbons (Fsp3) is 0.643. The molecule has 2 aromatic heterocycles. The molecule has 0 aliphatic heterocycles. The fourth-order valence-electron chi connectivity index (χ4n) is 2.62. The lowest BCUT2D eigenvalue weighted by atomic mass is 10.0. The number of nitrogens with zero attached hydrogens (tertiary/aromatic N) is 3. The average Bonchev–Trinajstić information content (AvgIpc) is 3.17. The van der Waals surface area contributed by atoms with Crippen LogP contribution in [0.3, 0.4) is 0 Å². The average molecular weight is 307 g/mol. The predicted octanol–water partition coefficient (Wildman–Crippen LogP) is 2.60. The van der Waals surface area contributed by atoms with Crippen molar-refractivity contribution in [2.24, 2.45) is 5.73 Å². The van der Waals surface area contributed by atoms with Crippen LogP contribution in [0.2, 0.25) is 0 Å². The molecular formula is C14H21N5OS. The summed E-state index contributed by atoms with van der Waals surface area (Å²) < 4.78 is 5.28. The Hall–Kier alpha value is -1.34. The molecule has 1 aliphatic rings. The third-order valence-electron chi connectivity index (χ3n) is 3.80. The minimum Gasteiger partial charge on any atom is -0.348 e. The van der Waals surface area contributed by atoms with Crippen LogP contribution < -0.4 is 5.73 Å². The molecule has 1 saturated carbocycles. The normalized spacial score (nSPS) is 18.0. The number of rotatable bonds is 6. The first-order valence-corrected chi connectivity index (χ1v) is 8.53. The van der Waals surface area contributed by atoms with Gasteiger partial charge in [-0.1, -0.05) is 24.4 Å². The summed E-state index contributed by atoms with van der Waals surface area (Å²) in [5, 5.41) is 4.79. The van der Waals surface area contributed by atoms with Crippen LogP contribution >= 0.6 is 11.8 Å². The summed E-state index contributed by atoms with van der Waals surface area (Å²) in [5.74, 6) is 2.06. The number of nitrogens with one attached hydrogen (secondary N) is 1. The van der Waals surface area contributed by atoms with Crippen molar-refractivity contribution in [1.29, 1.82) is 0 Å². The minimum absolute atomic E-state index is 0.286. The summed E-state index contributed by atoms with van der Waals surface area (Å²) in [4.78, 5) is 11.4. The summed E-state index contributed by atoms with van der Waals surface area (Å²) in [6, 6.07) is -0.286. The number of aromatic nitrogens is 4. The third-order valence-corrected chi connectivity index (χ3v) is 5.16. The molecule has 0 spiro atoms. The second kappa shape index (κ2) is 7.09. The van der Waals surface area contributed by atoms with E-state index in [1.54, 1.807) is 12.5 Å². The van der Waals surface area contributed by atoms with Crippen molar-refractivity contribution in [3.8, 4) is 0 Å². The molecule has 114 valence electrons. The van der Waals surface area contributed by atoms with Crippen LogP contribution in [0.4, 0.5) is 0 Å². The second-order valence-corrected chi connectivity index (χ2v) is 6.80. The van der Waals surface area contributed by atoms with E-state index in [9.17, 15) is 0 Å². The zero-order chi connectivity index (χ0) is 14.5. The van der Waals surface area contributed by atoms with E-state index < -0.39 is 0 Å². The summed E-state index contributed by atoms with van der Waals surface area (Å²) in [6.45, 7) is 0. The van der Waals surface area contributed by atoms with E-state index >= 15 is 0 Å². The lowest BCUT2D eigenvalue weighted by Crippen LogP contribution is -2.14. The van der Waals surface area contributed by atoms with Gasteiger partial charge in [0.1, 0.15) is 0 Å². The molecule has 1 aliphatic carbocycles. The van der Waals surface area contributed by atoms with Gasteiger partial charge in [-0.05, 0) is 12.8 Å². The maximum Gasteiger partial charge on any atom is 0.243 e. The van der Waals surface area contributed by atoms with Gasteiger partial charge in [0.2, 0.25) is 5.89 Å². The van der Waals surface area contributed by atoms with E-state index in [1.807, 2.05) is 11.8 Å². The highest BCUT2D eigenvalue weighted by Crippen LogP contribution is 2.30. The number of thioether (sulfide) groups is 1. The number of aromatic amines is 1. The van der Waals surface area contributed by atoms with Crippen molar-refractivity contribution in [3.63, 3.8) is 0 Å². The van der Waals surface area contributed by atoms with Gasteiger partial charge >= 0.3 is 0 Å². The Morgan fingerprint density at radius 1 is 1.38 bits per heavy atom. The first-order valence-electron chi connectivity index (χ1n) is 7.48. The highest BCUT2D eigenvalue weighted by Gasteiger charge is 2.18. The van der Waals surface area contributed by atoms with Gasteiger partial charge in [-0.3, -0.25) is 0 Å². The van der Waals surface area contributed by atoms with Gasteiger partial charge in [0, 0.05) is 23.6 Å². The Labute approximate surface area is 128 Å². The quantitative estimate of drug-likeness (QED) is 0.852. The van der Waals surface area contributed by atoms with Gasteiger partial charge in [0.25, 0.3) is 0 Å². The molecule has 3 N–H and O–H groups in total. The number of hydrogen-bond donors (Lipinski definition) is 2. The Balaban J connectivity index is 1.50.